The maximum absolute atomic E-state index is 12.3. The summed E-state index contributed by atoms with van der Waals surface area (Å²) in [6, 6.07) is 3.58. The molecule has 27 heavy (non-hydrogen) atoms. The molecule has 0 aromatic rings. The van der Waals surface area contributed by atoms with Crippen molar-refractivity contribution in [2.75, 3.05) is 6.61 Å². The number of Topliss-reactive ketones (excluding diaryl/α,β-unsaturated/α-hetero) is 1. The van der Waals surface area contributed by atoms with Gasteiger partial charge in [0.2, 0.25) is 0 Å². The van der Waals surface area contributed by atoms with E-state index in [-0.39, 0.29) is 11.7 Å². The van der Waals surface area contributed by atoms with Crippen LogP contribution in [0.2, 0.25) is 18.1 Å². The fraction of sp³-hybridized carbons (Fsp3) is 0.957. The first-order chi connectivity index (χ1) is 12.7. The van der Waals surface area contributed by atoms with Crippen molar-refractivity contribution in [3.8, 4) is 0 Å². The zero-order valence-corrected chi connectivity index (χ0v) is 20.0. The Morgan fingerprint density at radius 3 is 2.33 bits per heavy atom. The lowest BCUT2D eigenvalue weighted by molar-refractivity contribution is -0.128. The molecule has 2 aliphatic rings. The number of carbonyl (C=O) groups excluding carboxylic acids is 1. The largest absolute Gasteiger partial charge is 0.412 e. The van der Waals surface area contributed by atoms with Crippen LogP contribution >= 0.6 is 0 Å². The van der Waals surface area contributed by atoms with Crippen molar-refractivity contribution in [3.05, 3.63) is 0 Å². The third kappa shape index (κ3) is 5.45. The van der Waals surface area contributed by atoms with Crippen molar-refractivity contribution >= 4 is 14.1 Å². The molecule has 0 N–H and O–H groups in total. The Hall–Kier alpha value is -0.193. The van der Waals surface area contributed by atoms with E-state index < -0.39 is 8.32 Å². The van der Waals surface area contributed by atoms with E-state index in [1.54, 1.807) is 0 Å². The Labute approximate surface area is 169 Å². The minimum absolute atomic E-state index is 0.111. The first-order valence-electron chi connectivity index (χ1n) is 11.5. The summed E-state index contributed by atoms with van der Waals surface area (Å²) in [5.41, 5.74) is -0.111. The molecule has 2 rings (SSSR count). The molecule has 0 radical (unpaired) electrons. The Morgan fingerprint density at radius 1 is 1.11 bits per heavy atom. The lowest BCUT2D eigenvalue weighted by Crippen LogP contribution is -2.45. The molecule has 158 valence electrons. The van der Waals surface area contributed by atoms with Gasteiger partial charge in [-0.1, -0.05) is 27.7 Å². The highest BCUT2D eigenvalue weighted by Crippen LogP contribution is 2.49. The third-order valence-electron chi connectivity index (χ3n) is 7.80. The molecule has 0 aromatic carbocycles. The summed E-state index contributed by atoms with van der Waals surface area (Å²) in [5, 5.41) is 0. The van der Waals surface area contributed by atoms with Gasteiger partial charge in [-0.05, 0) is 82.3 Å². The van der Waals surface area contributed by atoms with Gasteiger partial charge in [-0.25, -0.2) is 0 Å². The maximum Gasteiger partial charge on any atom is 0.192 e. The van der Waals surface area contributed by atoms with E-state index in [2.05, 4.69) is 48.5 Å². The second-order valence-corrected chi connectivity index (χ2v) is 14.5. The van der Waals surface area contributed by atoms with Gasteiger partial charge in [0.15, 0.2) is 8.32 Å². The van der Waals surface area contributed by atoms with Gasteiger partial charge in [-0.3, -0.25) is 4.79 Å². The van der Waals surface area contributed by atoms with E-state index in [4.69, 9.17) is 9.16 Å². The first kappa shape index (κ1) is 23.1. The van der Waals surface area contributed by atoms with Crippen LogP contribution in [0.4, 0.5) is 0 Å². The molecule has 2 fully saturated rings. The van der Waals surface area contributed by atoms with Gasteiger partial charge < -0.3 is 9.16 Å². The van der Waals surface area contributed by atoms with Gasteiger partial charge in [-0.15, -0.1) is 0 Å². The second-order valence-electron chi connectivity index (χ2n) is 9.84. The smallest absolute Gasteiger partial charge is 0.192 e. The van der Waals surface area contributed by atoms with E-state index in [1.165, 1.54) is 18.1 Å². The Balaban J connectivity index is 1.86. The van der Waals surface area contributed by atoms with E-state index in [1.807, 2.05) is 0 Å². The molecule has 5 atom stereocenters. The molecule has 4 heteroatoms. The predicted octanol–water partition coefficient (Wildman–Crippen LogP) is 6.22. The van der Waals surface area contributed by atoms with E-state index in [9.17, 15) is 4.79 Å². The summed E-state index contributed by atoms with van der Waals surface area (Å²) in [5.74, 6) is 2.59. The SMILES string of the molecule is CC[Si](CC)(CC)OC(C)(C)CCOC(C)C1CCC2C(=O)CC[C@H](C)C21. The van der Waals surface area contributed by atoms with Crippen LogP contribution in [-0.4, -0.2) is 32.4 Å². The van der Waals surface area contributed by atoms with Crippen LogP contribution in [0.5, 0.6) is 0 Å². The number of ketones is 1. The van der Waals surface area contributed by atoms with Gasteiger partial charge in [-0.2, -0.15) is 0 Å². The fourth-order valence-corrected chi connectivity index (χ4v) is 8.97. The molecule has 2 saturated carbocycles. The molecule has 0 bridgehead atoms. The normalized spacial score (nSPS) is 30.4. The van der Waals surface area contributed by atoms with Crippen molar-refractivity contribution in [1.29, 1.82) is 0 Å². The third-order valence-corrected chi connectivity index (χ3v) is 12.7. The van der Waals surface area contributed by atoms with Gasteiger partial charge in [0.25, 0.3) is 0 Å². The quantitative estimate of drug-likeness (QED) is 0.411. The topological polar surface area (TPSA) is 35.5 Å². The molecule has 0 heterocycles. The van der Waals surface area contributed by atoms with Crippen molar-refractivity contribution < 1.29 is 14.0 Å². The highest BCUT2D eigenvalue weighted by atomic mass is 28.4. The number of carbonyl (C=O) groups is 1. The second kappa shape index (κ2) is 9.54. The standard InChI is InChI=1S/C23H44O3Si/c1-8-27(9-2,10-3)26-23(6,7)15-16-25-18(5)19-12-13-20-21(24)14-11-17(4)22(19)20/h17-20,22H,8-16H2,1-7H3/t17-,18?,19?,20?,22?/m0/s1. The molecule has 0 amide bonds. The Bertz CT molecular complexity index is 478. The number of ether oxygens (including phenoxy) is 1. The number of rotatable bonds is 10. The van der Waals surface area contributed by atoms with Gasteiger partial charge in [0.1, 0.15) is 5.78 Å². The highest BCUT2D eigenvalue weighted by molar-refractivity contribution is 6.73. The van der Waals surface area contributed by atoms with Crippen LogP contribution in [0.3, 0.4) is 0 Å². The number of hydrogen-bond donors (Lipinski definition) is 0. The first-order valence-corrected chi connectivity index (χ1v) is 14.1. The Morgan fingerprint density at radius 2 is 1.74 bits per heavy atom. The molecule has 0 aromatic heterocycles. The van der Waals surface area contributed by atoms with Crippen molar-refractivity contribution in [3.63, 3.8) is 0 Å². The fourth-order valence-electron chi connectivity index (χ4n) is 5.76. The van der Waals surface area contributed by atoms with Crippen molar-refractivity contribution in [2.45, 2.75) is 110 Å². The van der Waals surface area contributed by atoms with E-state index in [0.29, 0.717) is 29.5 Å². The molecule has 0 aliphatic heterocycles. The maximum atomic E-state index is 12.3. The Kier molecular flexibility index (Phi) is 8.16. The molecular weight excluding hydrogens is 352 g/mol. The van der Waals surface area contributed by atoms with E-state index in [0.717, 1.165) is 38.7 Å². The van der Waals surface area contributed by atoms with Crippen LogP contribution in [0.1, 0.15) is 80.6 Å². The minimum atomic E-state index is -1.59. The summed E-state index contributed by atoms with van der Waals surface area (Å²) in [6.07, 6.45) is 5.30. The predicted molar refractivity (Wildman–Crippen MR) is 116 cm³/mol. The van der Waals surface area contributed by atoms with Crippen LogP contribution < -0.4 is 0 Å². The van der Waals surface area contributed by atoms with Crippen LogP contribution in [-0.2, 0) is 14.0 Å². The zero-order valence-electron chi connectivity index (χ0n) is 19.0. The summed E-state index contributed by atoms with van der Waals surface area (Å²) in [6.45, 7) is 16.7. The summed E-state index contributed by atoms with van der Waals surface area (Å²) >= 11 is 0. The zero-order chi connectivity index (χ0) is 20.2. The van der Waals surface area contributed by atoms with E-state index >= 15 is 0 Å². The van der Waals surface area contributed by atoms with Gasteiger partial charge in [0.05, 0.1) is 11.7 Å². The minimum Gasteiger partial charge on any atom is -0.412 e. The average molecular weight is 397 g/mol. The van der Waals surface area contributed by atoms with Crippen LogP contribution in [0.25, 0.3) is 0 Å². The highest BCUT2D eigenvalue weighted by Gasteiger charge is 2.47. The summed E-state index contributed by atoms with van der Waals surface area (Å²) in [4.78, 5) is 12.3. The van der Waals surface area contributed by atoms with Crippen molar-refractivity contribution in [1.82, 2.24) is 0 Å². The number of hydrogen-bond acceptors (Lipinski definition) is 3. The molecular formula is C23H44O3Si. The van der Waals surface area contributed by atoms with Gasteiger partial charge >= 0.3 is 0 Å². The summed E-state index contributed by atoms with van der Waals surface area (Å²) < 4.78 is 13.0. The average Bonchev–Trinajstić information content (AvgIpc) is 3.09. The molecule has 4 unspecified atom stereocenters. The lowest BCUT2D eigenvalue weighted by atomic mass is 9.70. The summed E-state index contributed by atoms with van der Waals surface area (Å²) in [7, 11) is -1.59. The number of fused-ring (bicyclic) bond motifs is 1. The van der Waals surface area contributed by atoms with Crippen LogP contribution in [0, 0.1) is 23.7 Å². The van der Waals surface area contributed by atoms with Crippen LogP contribution in [0.15, 0.2) is 0 Å². The van der Waals surface area contributed by atoms with Gasteiger partial charge in [0, 0.05) is 18.9 Å². The molecule has 2 aliphatic carbocycles. The molecule has 0 saturated heterocycles. The molecule has 3 nitrogen and oxygen atoms in total. The van der Waals surface area contributed by atoms with Crippen molar-refractivity contribution in [2.24, 2.45) is 23.7 Å². The monoisotopic (exact) mass is 396 g/mol. The lowest BCUT2D eigenvalue weighted by Gasteiger charge is -2.39. The molecule has 0 spiro atoms.